The Balaban J connectivity index is 1.82. The lowest BCUT2D eigenvalue weighted by atomic mass is 9.76. The van der Waals surface area contributed by atoms with Crippen molar-refractivity contribution in [3.05, 3.63) is 28.3 Å². The van der Waals surface area contributed by atoms with E-state index in [0.29, 0.717) is 67.7 Å². The molecular formula is C22H30N2O5. The van der Waals surface area contributed by atoms with Crippen LogP contribution in [-0.4, -0.2) is 45.3 Å². The third-order valence-electron chi connectivity index (χ3n) is 5.68. The highest BCUT2D eigenvalue weighted by Crippen LogP contribution is 2.36. The molecule has 0 bridgehead atoms. The number of nitrogens with zero attached hydrogens (tertiary/aromatic N) is 2. The number of carbonyl (C=O) groups is 2. The van der Waals surface area contributed by atoms with E-state index in [9.17, 15) is 19.8 Å². The van der Waals surface area contributed by atoms with E-state index in [0.717, 1.165) is 0 Å². The Kier molecular flexibility index (Phi) is 6.36. The third-order valence-corrected chi connectivity index (χ3v) is 5.68. The summed E-state index contributed by atoms with van der Waals surface area (Å²) >= 11 is 0. The summed E-state index contributed by atoms with van der Waals surface area (Å²) in [6, 6.07) is -0.276. The molecule has 7 nitrogen and oxygen atoms in total. The average Bonchev–Trinajstić information content (AvgIpc) is 3.06. The van der Waals surface area contributed by atoms with Gasteiger partial charge in [0.1, 0.15) is 11.5 Å². The summed E-state index contributed by atoms with van der Waals surface area (Å²) in [5.41, 5.74) is 1.77. The van der Waals surface area contributed by atoms with Crippen molar-refractivity contribution in [3.63, 3.8) is 0 Å². The largest absolute Gasteiger partial charge is 0.511 e. The molecule has 1 aromatic rings. The van der Waals surface area contributed by atoms with Gasteiger partial charge in [-0.25, -0.2) is 0 Å². The number of carbonyl (C=O) groups excluding carboxylic acids is 2. The zero-order valence-corrected chi connectivity index (χ0v) is 17.5. The monoisotopic (exact) mass is 402 g/mol. The third kappa shape index (κ3) is 4.66. The number of fused-ring (bicyclic) bond motifs is 1. The second-order valence-electron chi connectivity index (χ2n) is 8.79. The number of aryl methyl sites for hydroxylation is 1. The lowest BCUT2D eigenvalue weighted by Crippen LogP contribution is -2.26. The van der Waals surface area contributed by atoms with Crippen LogP contribution in [0, 0.1) is 5.41 Å². The highest BCUT2D eigenvalue weighted by Gasteiger charge is 2.36. The first kappa shape index (κ1) is 21.4. The molecule has 7 heteroatoms. The first-order valence-electron chi connectivity index (χ1n) is 10.4. The van der Waals surface area contributed by atoms with Crippen LogP contribution in [0.25, 0.3) is 0 Å². The summed E-state index contributed by atoms with van der Waals surface area (Å²) in [5.74, 6) is 0.476. The lowest BCUT2D eigenvalue weighted by molar-refractivity contribution is -0.115. The Morgan fingerprint density at radius 2 is 2.00 bits per heavy atom. The van der Waals surface area contributed by atoms with E-state index in [1.165, 1.54) is 0 Å². The predicted octanol–water partition coefficient (Wildman–Crippen LogP) is 3.54. The van der Waals surface area contributed by atoms with Crippen LogP contribution in [-0.2, 0) is 17.6 Å². The maximum atomic E-state index is 12.5. The fourth-order valence-electron chi connectivity index (χ4n) is 4.12. The molecule has 0 aromatic carbocycles. The fraction of sp³-hybridized carbons (Fsp3) is 0.636. The first-order valence-corrected chi connectivity index (χ1v) is 10.4. The molecule has 1 fully saturated rings. The van der Waals surface area contributed by atoms with Gasteiger partial charge in [0.15, 0.2) is 11.6 Å². The van der Waals surface area contributed by atoms with Gasteiger partial charge in [0.25, 0.3) is 0 Å². The molecule has 0 saturated heterocycles. The average molecular weight is 402 g/mol. The molecular weight excluding hydrogens is 372 g/mol. The summed E-state index contributed by atoms with van der Waals surface area (Å²) in [4.78, 5) is 29.5. The number of aliphatic hydroxyl groups is 2. The van der Waals surface area contributed by atoms with Crippen molar-refractivity contribution in [2.24, 2.45) is 10.4 Å². The molecule has 29 heavy (non-hydrogen) atoms. The molecule has 0 spiro atoms. The van der Waals surface area contributed by atoms with Crippen LogP contribution in [0.15, 0.2) is 20.8 Å². The summed E-state index contributed by atoms with van der Waals surface area (Å²) < 4.78 is 5.41. The smallest absolute Gasteiger partial charge is 0.168 e. The van der Waals surface area contributed by atoms with Crippen LogP contribution < -0.4 is 0 Å². The van der Waals surface area contributed by atoms with Crippen molar-refractivity contribution in [1.82, 2.24) is 5.16 Å². The Labute approximate surface area is 170 Å². The number of Topliss-reactive ketones (excluding diaryl/α,β-unsaturated/α-hetero) is 2. The lowest BCUT2D eigenvalue weighted by Gasteiger charge is -2.26. The molecule has 2 aliphatic rings. The van der Waals surface area contributed by atoms with E-state index in [4.69, 9.17) is 4.52 Å². The van der Waals surface area contributed by atoms with Gasteiger partial charge in [0.05, 0.1) is 29.5 Å². The molecule has 2 N–H and O–H groups in total. The second kappa shape index (κ2) is 8.61. The van der Waals surface area contributed by atoms with Crippen LogP contribution in [0.5, 0.6) is 0 Å². The summed E-state index contributed by atoms with van der Waals surface area (Å²) in [5, 5.41) is 24.2. The standard InChI is InChI=1S/C22H30N2O5/c1-4-13(12-25)23-14-6-5-7-16(26)20(14)17(27)9-8-15-21-18(28)10-22(2,3)11-19(21)29-24-15/h13,25,27H,4-12H2,1-3H3/b20-17+,23-14?. The summed E-state index contributed by atoms with van der Waals surface area (Å²) in [7, 11) is 0. The van der Waals surface area contributed by atoms with E-state index >= 15 is 0 Å². The molecule has 0 aliphatic heterocycles. The Hall–Kier alpha value is -2.28. The Morgan fingerprint density at radius 3 is 2.69 bits per heavy atom. The number of aromatic nitrogens is 1. The molecule has 3 rings (SSSR count). The molecule has 0 radical (unpaired) electrons. The van der Waals surface area contributed by atoms with E-state index < -0.39 is 0 Å². The number of allylic oxidation sites excluding steroid dienone is 2. The van der Waals surface area contributed by atoms with Crippen LogP contribution in [0.3, 0.4) is 0 Å². The quantitative estimate of drug-likeness (QED) is 0.556. The van der Waals surface area contributed by atoms with Gasteiger partial charge in [-0.3, -0.25) is 14.6 Å². The predicted molar refractivity (Wildman–Crippen MR) is 108 cm³/mol. The molecule has 1 unspecified atom stereocenters. The van der Waals surface area contributed by atoms with Gasteiger partial charge >= 0.3 is 0 Å². The normalized spacial score (nSPS) is 23.2. The highest BCUT2D eigenvalue weighted by atomic mass is 16.5. The number of ketones is 2. The maximum absolute atomic E-state index is 12.5. The molecule has 1 aromatic heterocycles. The van der Waals surface area contributed by atoms with E-state index in [1.807, 2.05) is 20.8 Å². The second-order valence-corrected chi connectivity index (χ2v) is 8.79. The molecule has 0 amide bonds. The molecule has 1 heterocycles. The molecule has 1 saturated carbocycles. The number of rotatable bonds is 6. The minimum absolute atomic E-state index is 0.0179. The molecule has 1 atom stereocenters. The maximum Gasteiger partial charge on any atom is 0.168 e. The summed E-state index contributed by atoms with van der Waals surface area (Å²) in [6.07, 6.45) is 3.93. The number of hydrogen-bond acceptors (Lipinski definition) is 7. The Bertz CT molecular complexity index is 859. The van der Waals surface area contributed by atoms with Gasteiger partial charge in [-0.1, -0.05) is 25.9 Å². The molecule has 2 aliphatic carbocycles. The van der Waals surface area contributed by atoms with Crippen molar-refractivity contribution in [2.45, 2.75) is 78.2 Å². The van der Waals surface area contributed by atoms with Gasteiger partial charge in [-0.05, 0) is 24.7 Å². The topological polar surface area (TPSA) is 113 Å². The van der Waals surface area contributed by atoms with Gasteiger partial charge in [0.2, 0.25) is 0 Å². The van der Waals surface area contributed by atoms with E-state index in [1.54, 1.807) is 0 Å². The van der Waals surface area contributed by atoms with Crippen molar-refractivity contribution in [2.75, 3.05) is 6.61 Å². The minimum atomic E-state index is -0.276. The number of aliphatic imine (C=N–C) groups is 1. The Morgan fingerprint density at radius 1 is 1.24 bits per heavy atom. The van der Waals surface area contributed by atoms with Crippen LogP contribution >= 0.6 is 0 Å². The van der Waals surface area contributed by atoms with Crippen LogP contribution in [0.4, 0.5) is 0 Å². The van der Waals surface area contributed by atoms with Crippen molar-refractivity contribution < 1.29 is 24.3 Å². The fourth-order valence-corrected chi connectivity index (χ4v) is 4.12. The van der Waals surface area contributed by atoms with Crippen molar-refractivity contribution >= 4 is 17.3 Å². The van der Waals surface area contributed by atoms with Gasteiger partial charge in [0, 0.05) is 37.8 Å². The van der Waals surface area contributed by atoms with Crippen molar-refractivity contribution in [3.8, 4) is 0 Å². The zero-order valence-electron chi connectivity index (χ0n) is 17.5. The van der Waals surface area contributed by atoms with Gasteiger partial charge in [-0.15, -0.1) is 0 Å². The summed E-state index contributed by atoms with van der Waals surface area (Å²) in [6.45, 7) is 5.88. The SMILES string of the molecule is CCC(CO)N=C1CCCC(=O)/C1=C(/O)CCc1noc2c1C(=O)CC(C)(C)C2. The van der Waals surface area contributed by atoms with E-state index in [2.05, 4.69) is 10.1 Å². The van der Waals surface area contributed by atoms with Crippen molar-refractivity contribution in [1.29, 1.82) is 0 Å². The number of aliphatic hydroxyl groups excluding tert-OH is 2. The van der Waals surface area contributed by atoms with Gasteiger partial charge < -0.3 is 14.7 Å². The zero-order chi connectivity index (χ0) is 21.2. The van der Waals surface area contributed by atoms with Crippen LogP contribution in [0.1, 0.15) is 81.1 Å². The minimum Gasteiger partial charge on any atom is -0.511 e. The van der Waals surface area contributed by atoms with Crippen LogP contribution in [0.2, 0.25) is 0 Å². The molecule has 158 valence electrons. The van der Waals surface area contributed by atoms with E-state index in [-0.39, 0.29) is 47.4 Å². The highest BCUT2D eigenvalue weighted by molar-refractivity contribution is 6.24. The number of hydrogen-bond donors (Lipinski definition) is 2. The first-order chi connectivity index (χ1) is 13.8. The van der Waals surface area contributed by atoms with Gasteiger partial charge in [-0.2, -0.15) is 0 Å².